The summed E-state index contributed by atoms with van der Waals surface area (Å²) in [5, 5.41) is 0. The fourth-order valence-electron chi connectivity index (χ4n) is 1.75. The van der Waals surface area contributed by atoms with Crippen LogP contribution in [0.1, 0.15) is 47.0 Å². The zero-order chi connectivity index (χ0) is 12.4. The molecule has 0 aliphatic heterocycles. The highest BCUT2D eigenvalue weighted by atomic mass is 16.3. The van der Waals surface area contributed by atoms with Gasteiger partial charge in [0.2, 0.25) is 0 Å². The number of hydrogen-bond acceptors (Lipinski definition) is 2. The van der Waals surface area contributed by atoms with Gasteiger partial charge in [-0.1, -0.05) is 38.1 Å². The third-order valence-corrected chi connectivity index (χ3v) is 2.83. The molecular formula is C15H16O2. The lowest BCUT2D eigenvalue weighted by Gasteiger charge is -2.05. The van der Waals surface area contributed by atoms with Crippen LogP contribution in [-0.2, 0) is 0 Å². The number of furan rings is 1. The third kappa shape index (κ3) is 2.47. The third-order valence-electron chi connectivity index (χ3n) is 2.83. The van der Waals surface area contributed by atoms with Crippen molar-refractivity contribution < 1.29 is 9.21 Å². The molecule has 2 aromatic rings. The molecule has 0 saturated carbocycles. The normalized spacial score (nSPS) is 10.8. The standard InChI is InChI=1S/C15H16O2/c1-10(2)12-4-6-13(7-5-12)15(16)14-8-11(3)17-9-14/h4-10H,1-3H3. The molecular weight excluding hydrogens is 212 g/mol. The van der Waals surface area contributed by atoms with Crippen molar-refractivity contribution in [2.24, 2.45) is 0 Å². The Hall–Kier alpha value is -1.83. The van der Waals surface area contributed by atoms with Crippen molar-refractivity contribution in [2.45, 2.75) is 26.7 Å². The Labute approximate surface area is 101 Å². The van der Waals surface area contributed by atoms with E-state index in [4.69, 9.17) is 4.42 Å². The van der Waals surface area contributed by atoms with Crippen LogP contribution in [0, 0.1) is 6.92 Å². The number of carbonyl (C=O) groups excluding carboxylic acids is 1. The van der Waals surface area contributed by atoms with Crippen LogP contribution in [0.2, 0.25) is 0 Å². The predicted octanol–water partition coefficient (Wildman–Crippen LogP) is 3.94. The van der Waals surface area contributed by atoms with E-state index in [1.54, 1.807) is 6.07 Å². The lowest BCUT2D eigenvalue weighted by molar-refractivity contribution is 0.103. The van der Waals surface area contributed by atoms with Gasteiger partial charge in [-0.05, 0) is 24.5 Å². The largest absolute Gasteiger partial charge is 0.469 e. The fraction of sp³-hybridized carbons (Fsp3) is 0.267. The molecule has 0 radical (unpaired) electrons. The number of aryl methyl sites for hydroxylation is 1. The van der Waals surface area contributed by atoms with Crippen LogP contribution >= 0.6 is 0 Å². The quantitative estimate of drug-likeness (QED) is 0.745. The van der Waals surface area contributed by atoms with Gasteiger partial charge in [-0.2, -0.15) is 0 Å². The van der Waals surface area contributed by atoms with Crippen molar-refractivity contribution >= 4 is 5.78 Å². The second kappa shape index (κ2) is 4.58. The zero-order valence-corrected chi connectivity index (χ0v) is 10.4. The van der Waals surface area contributed by atoms with Gasteiger partial charge in [0.1, 0.15) is 12.0 Å². The van der Waals surface area contributed by atoms with Gasteiger partial charge in [0.25, 0.3) is 0 Å². The first-order valence-corrected chi connectivity index (χ1v) is 5.77. The van der Waals surface area contributed by atoms with E-state index >= 15 is 0 Å². The van der Waals surface area contributed by atoms with E-state index in [9.17, 15) is 4.79 Å². The molecule has 0 saturated heterocycles. The molecule has 0 fully saturated rings. The Morgan fingerprint density at radius 3 is 2.24 bits per heavy atom. The number of carbonyl (C=O) groups is 1. The maximum atomic E-state index is 12.1. The van der Waals surface area contributed by atoms with E-state index in [1.807, 2.05) is 31.2 Å². The van der Waals surface area contributed by atoms with E-state index in [2.05, 4.69) is 13.8 Å². The van der Waals surface area contributed by atoms with Crippen LogP contribution in [0.3, 0.4) is 0 Å². The van der Waals surface area contributed by atoms with E-state index in [1.165, 1.54) is 11.8 Å². The van der Waals surface area contributed by atoms with Crippen LogP contribution < -0.4 is 0 Å². The van der Waals surface area contributed by atoms with E-state index < -0.39 is 0 Å². The molecule has 88 valence electrons. The smallest absolute Gasteiger partial charge is 0.196 e. The summed E-state index contributed by atoms with van der Waals surface area (Å²) in [4.78, 5) is 12.1. The topological polar surface area (TPSA) is 30.2 Å². The molecule has 0 spiro atoms. The van der Waals surface area contributed by atoms with Crippen LogP contribution in [0.25, 0.3) is 0 Å². The number of benzene rings is 1. The average Bonchev–Trinajstić information content (AvgIpc) is 2.75. The molecule has 0 unspecified atom stereocenters. The lowest BCUT2D eigenvalue weighted by Crippen LogP contribution is -2.00. The van der Waals surface area contributed by atoms with E-state index in [0.29, 0.717) is 17.0 Å². The Morgan fingerprint density at radius 1 is 1.12 bits per heavy atom. The number of hydrogen-bond donors (Lipinski definition) is 0. The second-order valence-electron chi connectivity index (χ2n) is 4.55. The molecule has 0 atom stereocenters. The Balaban J connectivity index is 2.26. The molecule has 0 amide bonds. The molecule has 2 nitrogen and oxygen atoms in total. The number of rotatable bonds is 3. The SMILES string of the molecule is Cc1cc(C(=O)c2ccc(C(C)C)cc2)co1. The highest BCUT2D eigenvalue weighted by molar-refractivity contribution is 6.08. The minimum Gasteiger partial charge on any atom is -0.469 e. The first kappa shape index (κ1) is 11.6. The highest BCUT2D eigenvalue weighted by Gasteiger charge is 2.11. The summed E-state index contributed by atoms with van der Waals surface area (Å²) in [6.45, 7) is 6.10. The molecule has 1 aromatic heterocycles. The minimum atomic E-state index is 0.0113. The van der Waals surface area contributed by atoms with Crippen molar-refractivity contribution in [1.82, 2.24) is 0 Å². The lowest BCUT2D eigenvalue weighted by atomic mass is 9.99. The van der Waals surface area contributed by atoms with Crippen molar-refractivity contribution in [2.75, 3.05) is 0 Å². The van der Waals surface area contributed by atoms with Gasteiger partial charge >= 0.3 is 0 Å². The Bertz CT molecular complexity index is 518. The molecule has 0 aliphatic carbocycles. The Kier molecular flexibility index (Phi) is 3.14. The van der Waals surface area contributed by atoms with Crippen LogP contribution in [0.15, 0.2) is 41.0 Å². The van der Waals surface area contributed by atoms with Crippen molar-refractivity contribution in [3.05, 3.63) is 59.0 Å². The fourth-order valence-corrected chi connectivity index (χ4v) is 1.75. The summed E-state index contributed by atoms with van der Waals surface area (Å²) in [5.41, 5.74) is 2.56. The van der Waals surface area contributed by atoms with Crippen LogP contribution in [-0.4, -0.2) is 5.78 Å². The van der Waals surface area contributed by atoms with Gasteiger partial charge in [-0.25, -0.2) is 0 Å². The minimum absolute atomic E-state index is 0.0113. The molecule has 0 bridgehead atoms. The molecule has 2 rings (SSSR count). The summed E-state index contributed by atoms with van der Waals surface area (Å²) in [6, 6.07) is 9.52. The Morgan fingerprint density at radius 2 is 1.76 bits per heavy atom. The first-order valence-electron chi connectivity index (χ1n) is 5.77. The van der Waals surface area contributed by atoms with Gasteiger partial charge in [-0.3, -0.25) is 4.79 Å². The summed E-state index contributed by atoms with van der Waals surface area (Å²) < 4.78 is 5.15. The van der Waals surface area contributed by atoms with Crippen LogP contribution in [0.5, 0.6) is 0 Å². The van der Waals surface area contributed by atoms with Gasteiger partial charge < -0.3 is 4.42 Å². The second-order valence-corrected chi connectivity index (χ2v) is 4.55. The summed E-state index contributed by atoms with van der Waals surface area (Å²) in [7, 11) is 0. The van der Waals surface area contributed by atoms with Gasteiger partial charge in [0, 0.05) is 5.56 Å². The van der Waals surface area contributed by atoms with Crippen LogP contribution in [0.4, 0.5) is 0 Å². The highest BCUT2D eigenvalue weighted by Crippen LogP contribution is 2.17. The van der Waals surface area contributed by atoms with Crippen molar-refractivity contribution in [1.29, 1.82) is 0 Å². The number of ketones is 1. The summed E-state index contributed by atoms with van der Waals surface area (Å²) >= 11 is 0. The maximum absolute atomic E-state index is 12.1. The monoisotopic (exact) mass is 228 g/mol. The molecule has 1 heterocycles. The predicted molar refractivity (Wildman–Crippen MR) is 67.4 cm³/mol. The maximum Gasteiger partial charge on any atom is 0.196 e. The van der Waals surface area contributed by atoms with Crippen molar-refractivity contribution in [3.8, 4) is 0 Å². The van der Waals surface area contributed by atoms with Gasteiger partial charge in [0.15, 0.2) is 5.78 Å². The molecule has 2 heteroatoms. The molecule has 1 aromatic carbocycles. The summed E-state index contributed by atoms with van der Waals surface area (Å²) in [6.07, 6.45) is 1.51. The van der Waals surface area contributed by atoms with Crippen molar-refractivity contribution in [3.63, 3.8) is 0 Å². The van der Waals surface area contributed by atoms with E-state index in [-0.39, 0.29) is 5.78 Å². The molecule has 17 heavy (non-hydrogen) atoms. The summed E-state index contributed by atoms with van der Waals surface area (Å²) in [5.74, 6) is 1.25. The van der Waals surface area contributed by atoms with E-state index in [0.717, 1.165) is 5.76 Å². The van der Waals surface area contributed by atoms with Gasteiger partial charge in [0.05, 0.1) is 5.56 Å². The molecule has 0 N–H and O–H groups in total. The zero-order valence-electron chi connectivity index (χ0n) is 10.4. The average molecular weight is 228 g/mol. The molecule has 0 aliphatic rings. The first-order chi connectivity index (χ1) is 8.08. The van der Waals surface area contributed by atoms with Gasteiger partial charge in [-0.15, -0.1) is 0 Å².